The molecule has 1 rings (SSSR count). The fraction of sp³-hybridized carbons (Fsp3) is 0.333. The lowest BCUT2D eigenvalue weighted by Crippen LogP contribution is -2.28. The van der Waals surface area contributed by atoms with Crippen molar-refractivity contribution in [1.82, 2.24) is 5.48 Å². The molecule has 1 aromatic rings. The van der Waals surface area contributed by atoms with Gasteiger partial charge in [0, 0.05) is 4.90 Å². The van der Waals surface area contributed by atoms with Gasteiger partial charge in [0.2, 0.25) is 0 Å². The van der Waals surface area contributed by atoms with Gasteiger partial charge in [-0.2, -0.15) is 0 Å². The number of rotatable bonds is 6. The van der Waals surface area contributed by atoms with Crippen LogP contribution < -0.4 is 5.48 Å². The van der Waals surface area contributed by atoms with E-state index >= 15 is 0 Å². The minimum absolute atomic E-state index is 0.184. The first-order valence-electron chi connectivity index (χ1n) is 5.31. The van der Waals surface area contributed by atoms with Crippen molar-refractivity contribution in [3.05, 3.63) is 29.3 Å². The maximum Gasteiger partial charge on any atom is 0.332 e. The third-order valence-electron chi connectivity index (χ3n) is 2.08. The standard InChI is InChI=1S/C12H15NO4S/c1-8-3-4-9(2)10(5-8)18-7-11(14)13-17-6-12(15)16/h3-5H,6-7H2,1-2H3,(H,13,14)(H,15,16). The second-order valence-corrected chi connectivity index (χ2v) is 4.78. The molecule has 1 amide bonds. The van der Waals surface area contributed by atoms with E-state index < -0.39 is 12.6 Å². The molecular weight excluding hydrogens is 254 g/mol. The van der Waals surface area contributed by atoms with E-state index in [0.717, 1.165) is 16.0 Å². The highest BCUT2D eigenvalue weighted by Crippen LogP contribution is 2.23. The summed E-state index contributed by atoms with van der Waals surface area (Å²) in [6.45, 7) is 3.42. The molecule has 0 saturated carbocycles. The van der Waals surface area contributed by atoms with E-state index in [1.165, 1.54) is 11.8 Å². The van der Waals surface area contributed by atoms with Gasteiger partial charge in [0.25, 0.3) is 5.91 Å². The van der Waals surface area contributed by atoms with Crippen LogP contribution >= 0.6 is 11.8 Å². The Hall–Kier alpha value is -1.53. The summed E-state index contributed by atoms with van der Waals surface area (Å²) >= 11 is 1.39. The number of carboxylic acid groups (broad SMARTS) is 1. The topological polar surface area (TPSA) is 75.6 Å². The smallest absolute Gasteiger partial charge is 0.332 e. The van der Waals surface area contributed by atoms with Crippen LogP contribution in [0.2, 0.25) is 0 Å². The van der Waals surface area contributed by atoms with Crippen molar-refractivity contribution >= 4 is 23.6 Å². The van der Waals surface area contributed by atoms with Gasteiger partial charge in [-0.05, 0) is 25.5 Å². The number of hydrogen-bond acceptors (Lipinski definition) is 4. The number of aryl methyl sites for hydroxylation is 2. The Morgan fingerprint density at radius 1 is 1.39 bits per heavy atom. The van der Waals surface area contributed by atoms with E-state index in [1.807, 2.05) is 32.0 Å². The number of nitrogens with one attached hydrogen (secondary N) is 1. The zero-order chi connectivity index (χ0) is 13.5. The first-order valence-corrected chi connectivity index (χ1v) is 6.30. The average Bonchev–Trinajstić information content (AvgIpc) is 2.30. The predicted octanol–water partition coefficient (Wildman–Crippen LogP) is 1.53. The third-order valence-corrected chi connectivity index (χ3v) is 3.24. The highest BCUT2D eigenvalue weighted by atomic mass is 32.2. The minimum Gasteiger partial charge on any atom is -0.479 e. The predicted molar refractivity (Wildman–Crippen MR) is 68.4 cm³/mol. The molecule has 0 bridgehead atoms. The molecule has 0 unspecified atom stereocenters. The van der Waals surface area contributed by atoms with Gasteiger partial charge in [-0.15, -0.1) is 11.8 Å². The fourth-order valence-corrected chi connectivity index (χ4v) is 2.12. The van der Waals surface area contributed by atoms with Crippen molar-refractivity contribution in [2.24, 2.45) is 0 Å². The Morgan fingerprint density at radius 2 is 2.11 bits per heavy atom. The number of carbonyl (C=O) groups excluding carboxylic acids is 1. The summed E-state index contributed by atoms with van der Waals surface area (Å²) in [5.74, 6) is -1.30. The van der Waals surface area contributed by atoms with Crippen molar-refractivity contribution < 1.29 is 19.5 Å². The Morgan fingerprint density at radius 3 is 2.78 bits per heavy atom. The normalized spacial score (nSPS) is 10.1. The van der Waals surface area contributed by atoms with Gasteiger partial charge in [0.05, 0.1) is 5.75 Å². The molecule has 2 N–H and O–H groups in total. The minimum atomic E-state index is -1.13. The average molecular weight is 269 g/mol. The molecule has 0 saturated heterocycles. The highest BCUT2D eigenvalue weighted by Gasteiger charge is 2.06. The summed E-state index contributed by atoms with van der Waals surface area (Å²) in [7, 11) is 0. The van der Waals surface area contributed by atoms with E-state index in [-0.39, 0.29) is 11.7 Å². The second kappa shape index (κ2) is 7.03. The van der Waals surface area contributed by atoms with E-state index in [9.17, 15) is 9.59 Å². The number of carbonyl (C=O) groups is 2. The van der Waals surface area contributed by atoms with Gasteiger partial charge in [-0.25, -0.2) is 10.3 Å². The van der Waals surface area contributed by atoms with E-state index in [1.54, 1.807) is 0 Å². The van der Waals surface area contributed by atoms with Gasteiger partial charge in [-0.3, -0.25) is 9.63 Å². The van der Waals surface area contributed by atoms with Crippen LogP contribution in [0.15, 0.2) is 23.1 Å². The van der Waals surface area contributed by atoms with Gasteiger partial charge in [0.15, 0.2) is 6.61 Å². The van der Waals surface area contributed by atoms with Crippen LogP contribution in [0.4, 0.5) is 0 Å². The summed E-state index contributed by atoms with van der Waals surface area (Å²) in [6.07, 6.45) is 0. The van der Waals surface area contributed by atoms with Crippen LogP contribution in [-0.4, -0.2) is 29.3 Å². The van der Waals surface area contributed by atoms with Crippen molar-refractivity contribution in [2.75, 3.05) is 12.4 Å². The quantitative estimate of drug-likeness (QED) is 0.605. The molecule has 0 radical (unpaired) electrons. The van der Waals surface area contributed by atoms with E-state index in [2.05, 4.69) is 10.3 Å². The number of aliphatic carboxylic acids is 1. The maximum atomic E-state index is 11.3. The fourth-order valence-electron chi connectivity index (χ4n) is 1.21. The molecule has 0 aromatic heterocycles. The molecule has 98 valence electrons. The molecular formula is C12H15NO4S. The second-order valence-electron chi connectivity index (χ2n) is 3.77. The van der Waals surface area contributed by atoms with Crippen molar-refractivity contribution in [3.63, 3.8) is 0 Å². The van der Waals surface area contributed by atoms with Crippen molar-refractivity contribution in [1.29, 1.82) is 0 Å². The van der Waals surface area contributed by atoms with Crippen LogP contribution in [0, 0.1) is 13.8 Å². The number of carboxylic acids is 1. The van der Waals surface area contributed by atoms with E-state index in [0.29, 0.717) is 0 Å². The molecule has 1 aromatic carbocycles. The van der Waals surface area contributed by atoms with Gasteiger partial charge >= 0.3 is 5.97 Å². The largest absolute Gasteiger partial charge is 0.479 e. The zero-order valence-corrected chi connectivity index (χ0v) is 11.0. The van der Waals surface area contributed by atoms with Crippen molar-refractivity contribution in [3.8, 4) is 0 Å². The number of hydroxylamine groups is 1. The van der Waals surface area contributed by atoms with Crippen LogP contribution in [0.3, 0.4) is 0 Å². The Bertz CT molecular complexity index is 448. The molecule has 0 aliphatic rings. The summed E-state index contributed by atoms with van der Waals surface area (Å²) in [5, 5.41) is 8.32. The molecule has 5 nitrogen and oxygen atoms in total. The van der Waals surface area contributed by atoms with Crippen LogP contribution in [-0.2, 0) is 14.4 Å². The maximum absolute atomic E-state index is 11.3. The van der Waals surface area contributed by atoms with Gasteiger partial charge < -0.3 is 5.11 Å². The van der Waals surface area contributed by atoms with Crippen molar-refractivity contribution in [2.45, 2.75) is 18.7 Å². The molecule has 0 fully saturated rings. The molecule has 0 spiro atoms. The summed E-state index contributed by atoms with van der Waals surface area (Å²) < 4.78 is 0. The summed E-state index contributed by atoms with van der Waals surface area (Å²) in [4.78, 5) is 27.0. The van der Waals surface area contributed by atoms with Gasteiger partial charge in [0.1, 0.15) is 0 Å². The van der Waals surface area contributed by atoms with E-state index in [4.69, 9.17) is 5.11 Å². The molecule has 0 aliphatic carbocycles. The molecule has 0 atom stereocenters. The monoisotopic (exact) mass is 269 g/mol. The number of amides is 1. The molecule has 0 aliphatic heterocycles. The first kappa shape index (κ1) is 14.5. The number of thioether (sulfide) groups is 1. The lowest BCUT2D eigenvalue weighted by Gasteiger charge is -2.07. The molecule has 0 heterocycles. The van der Waals surface area contributed by atoms with Crippen LogP contribution in [0.25, 0.3) is 0 Å². The zero-order valence-electron chi connectivity index (χ0n) is 10.2. The summed E-state index contributed by atoms with van der Waals surface area (Å²) in [5.41, 5.74) is 4.31. The Labute approximate surface area is 109 Å². The number of hydrogen-bond donors (Lipinski definition) is 2. The molecule has 18 heavy (non-hydrogen) atoms. The summed E-state index contributed by atoms with van der Waals surface area (Å²) in [6, 6.07) is 6.01. The lowest BCUT2D eigenvalue weighted by atomic mass is 10.2. The molecule has 6 heteroatoms. The third kappa shape index (κ3) is 5.20. The Kier molecular flexibility index (Phi) is 5.67. The van der Waals surface area contributed by atoms with Crippen LogP contribution in [0.5, 0.6) is 0 Å². The number of benzene rings is 1. The highest BCUT2D eigenvalue weighted by molar-refractivity contribution is 8.00. The Balaban J connectivity index is 2.38. The first-order chi connectivity index (χ1) is 8.49. The van der Waals surface area contributed by atoms with Crippen LogP contribution in [0.1, 0.15) is 11.1 Å². The lowest BCUT2D eigenvalue weighted by molar-refractivity contribution is -0.148. The van der Waals surface area contributed by atoms with Gasteiger partial charge in [-0.1, -0.05) is 17.7 Å². The SMILES string of the molecule is Cc1ccc(C)c(SCC(=O)NOCC(=O)O)c1.